The number of rotatable bonds is 3. The van der Waals surface area contributed by atoms with Gasteiger partial charge in [-0.1, -0.05) is 12.8 Å². The van der Waals surface area contributed by atoms with Crippen molar-refractivity contribution in [2.75, 3.05) is 0 Å². The van der Waals surface area contributed by atoms with Crippen LogP contribution < -0.4 is 5.32 Å². The van der Waals surface area contributed by atoms with Gasteiger partial charge in [0.15, 0.2) is 0 Å². The summed E-state index contributed by atoms with van der Waals surface area (Å²) in [5.41, 5.74) is 0. The molecule has 15 heavy (non-hydrogen) atoms. The predicted molar refractivity (Wildman–Crippen MR) is 58.5 cm³/mol. The number of furan rings is 1. The first-order valence-electron chi connectivity index (χ1n) is 5.72. The maximum Gasteiger partial charge on any atom is 0.117 e. The Morgan fingerprint density at radius 1 is 1.40 bits per heavy atom. The fourth-order valence-electron chi connectivity index (χ4n) is 2.16. The van der Waals surface area contributed by atoms with Crippen LogP contribution in [0, 0.1) is 6.92 Å². The van der Waals surface area contributed by atoms with Crippen LogP contribution >= 0.6 is 0 Å². The van der Waals surface area contributed by atoms with Crippen molar-refractivity contribution >= 4 is 0 Å². The quantitative estimate of drug-likeness (QED) is 0.800. The molecule has 1 fully saturated rings. The summed E-state index contributed by atoms with van der Waals surface area (Å²) in [5.74, 6) is 1.89. The third-order valence-corrected chi connectivity index (χ3v) is 3.06. The summed E-state index contributed by atoms with van der Waals surface area (Å²) in [5, 5.41) is 13.1. The average molecular weight is 209 g/mol. The Kier molecular flexibility index (Phi) is 3.44. The first-order chi connectivity index (χ1) is 7.25. The van der Waals surface area contributed by atoms with Crippen LogP contribution in [0.4, 0.5) is 0 Å². The molecule has 2 N–H and O–H groups in total. The second-order valence-corrected chi connectivity index (χ2v) is 4.35. The van der Waals surface area contributed by atoms with E-state index in [1.807, 2.05) is 19.1 Å². The summed E-state index contributed by atoms with van der Waals surface area (Å²) < 4.78 is 5.47. The Labute approximate surface area is 90.5 Å². The van der Waals surface area contributed by atoms with Gasteiger partial charge >= 0.3 is 0 Å². The van der Waals surface area contributed by atoms with Crippen LogP contribution in [0.25, 0.3) is 0 Å². The Morgan fingerprint density at radius 2 is 2.20 bits per heavy atom. The van der Waals surface area contributed by atoms with Crippen molar-refractivity contribution in [2.45, 2.75) is 51.3 Å². The molecule has 0 spiro atoms. The molecule has 0 aromatic carbocycles. The molecule has 1 aliphatic rings. The molecule has 2 atom stereocenters. The topological polar surface area (TPSA) is 45.4 Å². The minimum absolute atomic E-state index is 0.185. The Morgan fingerprint density at radius 3 is 2.87 bits per heavy atom. The molecule has 1 aliphatic carbocycles. The van der Waals surface area contributed by atoms with Gasteiger partial charge in [-0.3, -0.25) is 0 Å². The van der Waals surface area contributed by atoms with E-state index in [0.29, 0.717) is 0 Å². The van der Waals surface area contributed by atoms with Gasteiger partial charge in [0.2, 0.25) is 0 Å². The fraction of sp³-hybridized carbons (Fsp3) is 0.667. The number of aliphatic hydroxyl groups is 1. The highest BCUT2D eigenvalue weighted by atomic mass is 16.3. The molecule has 0 amide bonds. The number of hydrogen-bond acceptors (Lipinski definition) is 3. The molecule has 1 saturated carbocycles. The molecule has 1 heterocycles. The molecule has 0 saturated heterocycles. The van der Waals surface area contributed by atoms with Crippen molar-refractivity contribution < 1.29 is 9.52 Å². The Balaban J connectivity index is 1.81. The van der Waals surface area contributed by atoms with E-state index in [1.165, 1.54) is 6.42 Å². The van der Waals surface area contributed by atoms with Crippen LogP contribution in [0.5, 0.6) is 0 Å². The maximum absolute atomic E-state index is 9.76. The van der Waals surface area contributed by atoms with Crippen LogP contribution in [-0.4, -0.2) is 17.3 Å². The van der Waals surface area contributed by atoms with E-state index in [-0.39, 0.29) is 12.1 Å². The van der Waals surface area contributed by atoms with Crippen LogP contribution in [-0.2, 0) is 6.54 Å². The van der Waals surface area contributed by atoms with Crippen molar-refractivity contribution in [3.05, 3.63) is 23.7 Å². The molecular formula is C12H19NO2. The molecule has 84 valence electrons. The molecule has 0 unspecified atom stereocenters. The highest BCUT2D eigenvalue weighted by Crippen LogP contribution is 2.18. The molecule has 0 aliphatic heterocycles. The van der Waals surface area contributed by atoms with Crippen LogP contribution in [0.3, 0.4) is 0 Å². The number of aliphatic hydroxyl groups excluding tert-OH is 1. The van der Waals surface area contributed by atoms with Gasteiger partial charge in [0.25, 0.3) is 0 Å². The van der Waals surface area contributed by atoms with Gasteiger partial charge in [-0.25, -0.2) is 0 Å². The molecular weight excluding hydrogens is 190 g/mol. The first-order valence-corrected chi connectivity index (χ1v) is 5.72. The van der Waals surface area contributed by atoms with Gasteiger partial charge in [-0.05, 0) is 31.9 Å². The third kappa shape index (κ3) is 2.83. The molecule has 0 bridgehead atoms. The Bertz CT molecular complexity index is 308. The van der Waals surface area contributed by atoms with E-state index in [9.17, 15) is 5.11 Å². The molecule has 2 rings (SSSR count). The zero-order chi connectivity index (χ0) is 10.7. The normalized spacial score (nSPS) is 26.8. The molecule has 0 radical (unpaired) electrons. The molecule has 3 nitrogen and oxygen atoms in total. The lowest BCUT2D eigenvalue weighted by atomic mass is 9.92. The molecule has 1 aromatic rings. The lowest BCUT2D eigenvalue weighted by Gasteiger charge is -2.28. The number of nitrogens with one attached hydrogen (secondary N) is 1. The summed E-state index contributed by atoms with van der Waals surface area (Å²) >= 11 is 0. The zero-order valence-corrected chi connectivity index (χ0v) is 9.20. The van der Waals surface area contributed by atoms with Gasteiger partial charge in [-0.2, -0.15) is 0 Å². The fourth-order valence-corrected chi connectivity index (χ4v) is 2.16. The molecule has 3 heteroatoms. The summed E-state index contributed by atoms with van der Waals surface area (Å²) in [6.07, 6.45) is 4.18. The van der Waals surface area contributed by atoms with Crippen molar-refractivity contribution in [1.82, 2.24) is 5.32 Å². The summed E-state index contributed by atoms with van der Waals surface area (Å²) in [7, 11) is 0. The molecule has 1 aromatic heterocycles. The number of aryl methyl sites for hydroxylation is 1. The second-order valence-electron chi connectivity index (χ2n) is 4.35. The predicted octanol–water partition coefficient (Wildman–Crippen LogP) is 1.98. The lowest BCUT2D eigenvalue weighted by molar-refractivity contribution is 0.0893. The van der Waals surface area contributed by atoms with Gasteiger partial charge in [-0.15, -0.1) is 0 Å². The zero-order valence-electron chi connectivity index (χ0n) is 9.20. The average Bonchev–Trinajstić information content (AvgIpc) is 2.63. The summed E-state index contributed by atoms with van der Waals surface area (Å²) in [6.45, 7) is 2.66. The second kappa shape index (κ2) is 4.81. The van der Waals surface area contributed by atoms with E-state index in [4.69, 9.17) is 4.42 Å². The van der Waals surface area contributed by atoms with Crippen molar-refractivity contribution in [2.24, 2.45) is 0 Å². The SMILES string of the molecule is Cc1ccc(CN[C@@H]2CCCC[C@@H]2O)o1. The minimum Gasteiger partial charge on any atom is -0.465 e. The van der Waals surface area contributed by atoms with Crippen LogP contribution in [0.1, 0.15) is 37.2 Å². The van der Waals surface area contributed by atoms with Crippen LogP contribution in [0.2, 0.25) is 0 Å². The highest BCUT2D eigenvalue weighted by molar-refractivity contribution is 5.05. The van der Waals surface area contributed by atoms with E-state index in [1.54, 1.807) is 0 Å². The minimum atomic E-state index is -0.185. The third-order valence-electron chi connectivity index (χ3n) is 3.06. The monoisotopic (exact) mass is 209 g/mol. The van der Waals surface area contributed by atoms with Gasteiger partial charge in [0, 0.05) is 6.04 Å². The van der Waals surface area contributed by atoms with Crippen molar-refractivity contribution in [3.63, 3.8) is 0 Å². The van der Waals surface area contributed by atoms with Gasteiger partial charge < -0.3 is 14.8 Å². The van der Waals surface area contributed by atoms with E-state index < -0.39 is 0 Å². The van der Waals surface area contributed by atoms with E-state index in [0.717, 1.165) is 37.3 Å². The van der Waals surface area contributed by atoms with Crippen molar-refractivity contribution in [3.8, 4) is 0 Å². The number of hydrogen-bond donors (Lipinski definition) is 2. The van der Waals surface area contributed by atoms with Gasteiger partial charge in [0.1, 0.15) is 11.5 Å². The maximum atomic E-state index is 9.76. The van der Waals surface area contributed by atoms with Crippen molar-refractivity contribution in [1.29, 1.82) is 0 Å². The Hall–Kier alpha value is -0.800. The standard InChI is InChI=1S/C12H19NO2/c1-9-6-7-10(15-9)8-13-11-4-2-3-5-12(11)14/h6-7,11-14H,2-5,8H2,1H3/t11-,12+/m1/s1. The first kappa shape index (κ1) is 10.7. The summed E-state index contributed by atoms with van der Waals surface area (Å²) in [4.78, 5) is 0. The largest absolute Gasteiger partial charge is 0.465 e. The van der Waals surface area contributed by atoms with E-state index in [2.05, 4.69) is 5.32 Å². The smallest absolute Gasteiger partial charge is 0.117 e. The van der Waals surface area contributed by atoms with Gasteiger partial charge in [0.05, 0.1) is 12.6 Å². The lowest BCUT2D eigenvalue weighted by Crippen LogP contribution is -2.41. The van der Waals surface area contributed by atoms with Crippen LogP contribution in [0.15, 0.2) is 16.5 Å². The highest BCUT2D eigenvalue weighted by Gasteiger charge is 2.22. The van der Waals surface area contributed by atoms with E-state index >= 15 is 0 Å². The summed E-state index contributed by atoms with van der Waals surface area (Å²) in [6, 6.07) is 4.19.